The van der Waals surface area contributed by atoms with Gasteiger partial charge in [0, 0.05) is 6.07 Å². The fourth-order valence-electron chi connectivity index (χ4n) is 2.45. The zero-order valence-corrected chi connectivity index (χ0v) is 13.1. The monoisotopic (exact) mass is 294 g/mol. The molecule has 2 rings (SSSR count). The van der Waals surface area contributed by atoms with E-state index in [1.54, 1.807) is 12.1 Å². The molecule has 0 saturated carbocycles. The van der Waals surface area contributed by atoms with Crippen LogP contribution >= 0.6 is 0 Å². The van der Waals surface area contributed by atoms with Gasteiger partial charge in [-0.15, -0.1) is 6.58 Å². The van der Waals surface area contributed by atoms with Crippen LogP contribution in [0.5, 0.6) is 11.5 Å². The quantitative estimate of drug-likeness (QED) is 0.593. The Morgan fingerprint density at radius 1 is 0.955 bits per heavy atom. The van der Waals surface area contributed by atoms with Crippen LogP contribution < -0.4 is 0 Å². The van der Waals surface area contributed by atoms with E-state index in [0.29, 0.717) is 0 Å². The molecule has 0 saturated heterocycles. The second-order valence-corrected chi connectivity index (χ2v) is 6.12. The number of hydrogen-bond donors (Lipinski definition) is 2. The Morgan fingerprint density at radius 2 is 1.59 bits per heavy atom. The van der Waals surface area contributed by atoms with Gasteiger partial charge in [0.05, 0.1) is 0 Å². The standard InChI is InChI=1S/C20H22O2/c1-4-10-20(2,3)17-7-5-6-15(11-17)8-9-16-12-18(21)14-19(22)13-16/h4-9,11-14,21-22H,1,10H2,2-3H3. The van der Waals surface area contributed by atoms with Crippen molar-refractivity contribution in [1.82, 2.24) is 0 Å². The van der Waals surface area contributed by atoms with Crippen molar-refractivity contribution in [3.8, 4) is 11.5 Å². The summed E-state index contributed by atoms with van der Waals surface area (Å²) < 4.78 is 0. The van der Waals surface area contributed by atoms with Crippen LogP contribution in [0, 0.1) is 0 Å². The summed E-state index contributed by atoms with van der Waals surface area (Å²) in [4.78, 5) is 0. The molecule has 0 fully saturated rings. The zero-order valence-electron chi connectivity index (χ0n) is 13.1. The van der Waals surface area contributed by atoms with Gasteiger partial charge >= 0.3 is 0 Å². The number of rotatable bonds is 5. The highest BCUT2D eigenvalue weighted by Gasteiger charge is 2.18. The summed E-state index contributed by atoms with van der Waals surface area (Å²) in [6.07, 6.45) is 6.71. The minimum absolute atomic E-state index is 0.0505. The Kier molecular flexibility index (Phi) is 4.71. The van der Waals surface area contributed by atoms with Crippen LogP contribution in [-0.2, 0) is 5.41 Å². The van der Waals surface area contributed by atoms with Crippen LogP contribution in [0.15, 0.2) is 55.1 Å². The van der Waals surface area contributed by atoms with Crippen molar-refractivity contribution >= 4 is 12.2 Å². The maximum atomic E-state index is 9.50. The Morgan fingerprint density at radius 3 is 2.23 bits per heavy atom. The van der Waals surface area contributed by atoms with Gasteiger partial charge in [0.1, 0.15) is 11.5 Å². The largest absolute Gasteiger partial charge is 0.508 e. The van der Waals surface area contributed by atoms with E-state index in [1.165, 1.54) is 11.6 Å². The predicted octanol–water partition coefficient (Wildman–Crippen LogP) is 5.12. The summed E-state index contributed by atoms with van der Waals surface area (Å²) >= 11 is 0. The summed E-state index contributed by atoms with van der Waals surface area (Å²) in [7, 11) is 0. The van der Waals surface area contributed by atoms with Crippen LogP contribution in [0.1, 0.15) is 37.0 Å². The van der Waals surface area contributed by atoms with Gasteiger partial charge in [-0.1, -0.05) is 56.3 Å². The smallest absolute Gasteiger partial charge is 0.119 e. The Labute approximate surface area is 132 Å². The highest BCUT2D eigenvalue weighted by Crippen LogP contribution is 2.28. The van der Waals surface area contributed by atoms with Gasteiger partial charge in [-0.25, -0.2) is 0 Å². The van der Waals surface area contributed by atoms with Gasteiger partial charge in [-0.05, 0) is 40.7 Å². The number of aromatic hydroxyl groups is 2. The van der Waals surface area contributed by atoms with Crippen LogP contribution in [0.25, 0.3) is 12.2 Å². The average Bonchev–Trinajstić information content (AvgIpc) is 2.44. The average molecular weight is 294 g/mol. The van der Waals surface area contributed by atoms with Gasteiger partial charge < -0.3 is 10.2 Å². The molecule has 0 bridgehead atoms. The van der Waals surface area contributed by atoms with Gasteiger partial charge in [-0.2, -0.15) is 0 Å². The normalized spacial score (nSPS) is 11.7. The van der Waals surface area contributed by atoms with E-state index in [0.717, 1.165) is 17.5 Å². The molecule has 0 heterocycles. The third-order valence-electron chi connectivity index (χ3n) is 3.72. The maximum absolute atomic E-state index is 9.50. The topological polar surface area (TPSA) is 40.5 Å². The molecule has 2 aromatic carbocycles. The molecule has 0 atom stereocenters. The lowest BCUT2D eigenvalue weighted by atomic mass is 9.81. The second-order valence-electron chi connectivity index (χ2n) is 6.12. The van der Waals surface area contributed by atoms with E-state index in [4.69, 9.17) is 0 Å². The number of benzene rings is 2. The molecule has 2 heteroatoms. The first-order chi connectivity index (χ1) is 10.4. The van der Waals surface area contributed by atoms with Crippen molar-refractivity contribution < 1.29 is 10.2 Å². The third-order valence-corrected chi connectivity index (χ3v) is 3.72. The molecule has 0 aliphatic heterocycles. The van der Waals surface area contributed by atoms with Crippen molar-refractivity contribution in [2.75, 3.05) is 0 Å². The van der Waals surface area contributed by atoms with Crippen LogP contribution in [0.2, 0.25) is 0 Å². The molecule has 114 valence electrons. The molecule has 2 nitrogen and oxygen atoms in total. The van der Waals surface area contributed by atoms with Gasteiger partial charge in [0.25, 0.3) is 0 Å². The lowest BCUT2D eigenvalue weighted by molar-refractivity contribution is 0.450. The van der Waals surface area contributed by atoms with Gasteiger partial charge in [0.15, 0.2) is 0 Å². The minimum atomic E-state index is 0.0505. The number of allylic oxidation sites excluding steroid dienone is 1. The molecular weight excluding hydrogens is 272 g/mol. The maximum Gasteiger partial charge on any atom is 0.119 e. The molecule has 0 aliphatic carbocycles. The number of phenolic OH excluding ortho intramolecular Hbond substituents is 2. The van der Waals surface area contributed by atoms with Crippen molar-refractivity contribution in [2.24, 2.45) is 0 Å². The molecule has 2 aromatic rings. The SMILES string of the molecule is C=CCC(C)(C)c1cccc(C=Cc2cc(O)cc(O)c2)c1. The Balaban J connectivity index is 2.26. The number of phenols is 2. The van der Waals surface area contributed by atoms with E-state index in [2.05, 4.69) is 32.6 Å². The van der Waals surface area contributed by atoms with Crippen LogP contribution in [0.3, 0.4) is 0 Å². The Bertz CT molecular complexity index is 676. The summed E-state index contributed by atoms with van der Waals surface area (Å²) in [5, 5.41) is 19.0. The summed E-state index contributed by atoms with van der Waals surface area (Å²) in [5.74, 6) is 0.112. The van der Waals surface area contributed by atoms with Crippen molar-refractivity contribution in [3.63, 3.8) is 0 Å². The second kappa shape index (κ2) is 6.52. The predicted molar refractivity (Wildman–Crippen MR) is 93.0 cm³/mol. The molecule has 0 unspecified atom stereocenters. The highest BCUT2D eigenvalue weighted by molar-refractivity contribution is 5.71. The van der Waals surface area contributed by atoms with E-state index < -0.39 is 0 Å². The summed E-state index contributed by atoms with van der Waals surface area (Å²) in [6, 6.07) is 12.9. The molecule has 0 aliphatic rings. The van der Waals surface area contributed by atoms with Crippen molar-refractivity contribution in [3.05, 3.63) is 71.8 Å². The molecular formula is C20H22O2. The summed E-state index contributed by atoms with van der Waals surface area (Å²) in [6.45, 7) is 8.22. The molecule has 0 amide bonds. The van der Waals surface area contributed by atoms with E-state index in [1.807, 2.05) is 30.4 Å². The Hall–Kier alpha value is -2.48. The first-order valence-electron chi connectivity index (χ1n) is 7.33. The van der Waals surface area contributed by atoms with E-state index >= 15 is 0 Å². The van der Waals surface area contributed by atoms with Gasteiger partial charge in [-0.3, -0.25) is 0 Å². The molecule has 0 aromatic heterocycles. The first kappa shape index (κ1) is 15.9. The van der Waals surface area contributed by atoms with E-state index in [-0.39, 0.29) is 16.9 Å². The fourth-order valence-corrected chi connectivity index (χ4v) is 2.45. The highest BCUT2D eigenvalue weighted by atomic mass is 16.3. The lowest BCUT2D eigenvalue weighted by Crippen LogP contribution is -2.15. The summed E-state index contributed by atoms with van der Waals surface area (Å²) in [5.41, 5.74) is 3.15. The molecule has 0 spiro atoms. The fraction of sp³-hybridized carbons (Fsp3) is 0.200. The molecule has 22 heavy (non-hydrogen) atoms. The first-order valence-corrected chi connectivity index (χ1v) is 7.33. The molecule has 0 radical (unpaired) electrons. The third kappa shape index (κ3) is 4.01. The van der Waals surface area contributed by atoms with Crippen molar-refractivity contribution in [2.45, 2.75) is 25.7 Å². The molecule has 2 N–H and O–H groups in total. The van der Waals surface area contributed by atoms with Crippen LogP contribution in [-0.4, -0.2) is 10.2 Å². The van der Waals surface area contributed by atoms with E-state index in [9.17, 15) is 10.2 Å². The van der Waals surface area contributed by atoms with Crippen LogP contribution in [0.4, 0.5) is 0 Å². The lowest BCUT2D eigenvalue weighted by Gasteiger charge is -2.23. The minimum Gasteiger partial charge on any atom is -0.508 e. The van der Waals surface area contributed by atoms with Gasteiger partial charge in [0.2, 0.25) is 0 Å². The number of hydrogen-bond acceptors (Lipinski definition) is 2. The zero-order chi connectivity index (χ0) is 16.2. The van der Waals surface area contributed by atoms with Crippen molar-refractivity contribution in [1.29, 1.82) is 0 Å².